The molecule has 6 nitrogen and oxygen atoms in total. The molecule has 0 unspecified atom stereocenters. The lowest BCUT2D eigenvalue weighted by Crippen LogP contribution is -2.44. The zero-order valence-corrected chi connectivity index (χ0v) is 16.0. The van der Waals surface area contributed by atoms with Crippen LogP contribution < -0.4 is 10.2 Å². The Morgan fingerprint density at radius 2 is 1.85 bits per heavy atom. The van der Waals surface area contributed by atoms with E-state index in [9.17, 15) is 4.79 Å². The Morgan fingerprint density at radius 3 is 2.46 bits per heavy atom. The summed E-state index contributed by atoms with van der Waals surface area (Å²) in [6.45, 7) is 10.1. The molecule has 1 aliphatic rings. The molecule has 3 rings (SSSR count). The van der Waals surface area contributed by atoms with Crippen LogP contribution in [0.3, 0.4) is 0 Å². The minimum absolute atomic E-state index is 0.223. The second kappa shape index (κ2) is 7.83. The monoisotopic (exact) mass is 353 g/mol. The van der Waals surface area contributed by atoms with Crippen molar-refractivity contribution in [2.45, 2.75) is 26.7 Å². The Morgan fingerprint density at radius 1 is 1.12 bits per heavy atom. The van der Waals surface area contributed by atoms with Crippen molar-refractivity contribution in [2.24, 2.45) is 0 Å². The molecule has 0 radical (unpaired) electrons. The second-order valence-corrected chi connectivity index (χ2v) is 7.20. The molecule has 0 atom stereocenters. The van der Waals surface area contributed by atoms with Gasteiger partial charge in [-0.05, 0) is 31.0 Å². The van der Waals surface area contributed by atoms with Gasteiger partial charge in [-0.3, -0.25) is 4.79 Å². The number of aromatic nitrogens is 2. The van der Waals surface area contributed by atoms with Crippen LogP contribution in [0.15, 0.2) is 30.6 Å². The van der Waals surface area contributed by atoms with Crippen LogP contribution in [-0.2, 0) is 0 Å². The number of amides is 1. The normalized spacial score (nSPS) is 15.3. The summed E-state index contributed by atoms with van der Waals surface area (Å²) in [6.07, 6.45) is 3.26. The fourth-order valence-electron chi connectivity index (χ4n) is 3.16. The Hall–Kier alpha value is -2.47. The van der Waals surface area contributed by atoms with Crippen molar-refractivity contribution in [2.75, 3.05) is 43.4 Å². The minimum atomic E-state index is -0.223. The number of likely N-dealkylation sites (N-methyl/N-ethyl adjacent to an activating group) is 1. The fourth-order valence-corrected chi connectivity index (χ4v) is 3.16. The van der Waals surface area contributed by atoms with Crippen LogP contribution in [0.4, 0.5) is 11.5 Å². The molecular formula is C20H27N5O. The van der Waals surface area contributed by atoms with Crippen molar-refractivity contribution in [1.82, 2.24) is 14.9 Å². The average molecular weight is 353 g/mol. The van der Waals surface area contributed by atoms with Gasteiger partial charge >= 0.3 is 0 Å². The maximum absolute atomic E-state index is 12.6. The van der Waals surface area contributed by atoms with Crippen molar-refractivity contribution >= 4 is 17.4 Å². The summed E-state index contributed by atoms with van der Waals surface area (Å²) in [5, 5.41) is 3.02. The van der Waals surface area contributed by atoms with E-state index in [-0.39, 0.29) is 5.91 Å². The molecule has 1 aliphatic heterocycles. The van der Waals surface area contributed by atoms with Crippen LogP contribution in [0.1, 0.15) is 41.4 Å². The smallest absolute Gasteiger partial charge is 0.275 e. The van der Waals surface area contributed by atoms with E-state index in [1.165, 1.54) is 0 Å². The lowest BCUT2D eigenvalue weighted by atomic mass is 9.98. The van der Waals surface area contributed by atoms with Crippen molar-refractivity contribution in [3.8, 4) is 0 Å². The molecule has 0 bridgehead atoms. The Labute approximate surface area is 155 Å². The number of piperazine rings is 1. The third kappa shape index (κ3) is 4.02. The van der Waals surface area contributed by atoms with Gasteiger partial charge in [-0.15, -0.1) is 0 Å². The quantitative estimate of drug-likeness (QED) is 0.916. The van der Waals surface area contributed by atoms with Gasteiger partial charge in [0.05, 0.1) is 12.4 Å². The SMILES string of the molecule is Cc1cccc(C(C)C)c1NC(=O)c1cnc(N2CCN(C)CC2)cn1. The number of nitrogens with zero attached hydrogens (tertiary/aromatic N) is 4. The topological polar surface area (TPSA) is 61.4 Å². The van der Waals surface area contributed by atoms with Gasteiger partial charge in [0.1, 0.15) is 11.5 Å². The number of benzene rings is 1. The van der Waals surface area contributed by atoms with E-state index in [1.54, 1.807) is 12.4 Å². The highest BCUT2D eigenvalue weighted by molar-refractivity contribution is 6.03. The maximum Gasteiger partial charge on any atom is 0.275 e. The molecule has 1 amide bonds. The zero-order valence-electron chi connectivity index (χ0n) is 16.0. The number of hydrogen-bond acceptors (Lipinski definition) is 5. The van der Waals surface area contributed by atoms with Crippen LogP contribution in [0.2, 0.25) is 0 Å². The summed E-state index contributed by atoms with van der Waals surface area (Å²) in [5.74, 6) is 0.933. The molecule has 1 aromatic heterocycles. The molecule has 1 N–H and O–H groups in total. The Kier molecular flexibility index (Phi) is 5.52. The molecule has 2 aromatic rings. The molecule has 138 valence electrons. The number of aryl methyl sites for hydroxylation is 1. The number of para-hydroxylation sites is 1. The van der Waals surface area contributed by atoms with E-state index in [0.29, 0.717) is 11.6 Å². The van der Waals surface area contributed by atoms with Crippen molar-refractivity contribution < 1.29 is 4.79 Å². The van der Waals surface area contributed by atoms with E-state index in [4.69, 9.17) is 0 Å². The number of rotatable bonds is 4. The maximum atomic E-state index is 12.6. The summed E-state index contributed by atoms with van der Waals surface area (Å²) in [6, 6.07) is 6.07. The van der Waals surface area contributed by atoms with Crippen LogP contribution >= 0.6 is 0 Å². The van der Waals surface area contributed by atoms with Crippen LogP contribution in [0.5, 0.6) is 0 Å². The molecule has 0 saturated carbocycles. The Balaban J connectivity index is 1.73. The number of nitrogens with one attached hydrogen (secondary N) is 1. The van der Waals surface area contributed by atoms with Gasteiger partial charge in [-0.2, -0.15) is 0 Å². The first-order valence-electron chi connectivity index (χ1n) is 9.12. The number of hydrogen-bond donors (Lipinski definition) is 1. The average Bonchev–Trinajstić information content (AvgIpc) is 2.64. The molecule has 26 heavy (non-hydrogen) atoms. The highest BCUT2D eigenvalue weighted by atomic mass is 16.1. The molecule has 1 aromatic carbocycles. The molecule has 0 spiro atoms. The van der Waals surface area contributed by atoms with Gasteiger partial charge < -0.3 is 15.1 Å². The molecule has 2 heterocycles. The fraction of sp³-hybridized carbons (Fsp3) is 0.450. The van der Waals surface area contributed by atoms with Crippen LogP contribution in [-0.4, -0.2) is 54.0 Å². The Bertz CT molecular complexity index is 764. The summed E-state index contributed by atoms with van der Waals surface area (Å²) in [7, 11) is 2.12. The number of anilines is 2. The predicted molar refractivity (Wildman–Crippen MR) is 105 cm³/mol. The third-order valence-corrected chi connectivity index (χ3v) is 4.86. The highest BCUT2D eigenvalue weighted by Gasteiger charge is 2.18. The van der Waals surface area contributed by atoms with Crippen molar-refractivity contribution in [1.29, 1.82) is 0 Å². The van der Waals surface area contributed by atoms with E-state index in [2.05, 4.69) is 52.0 Å². The standard InChI is InChI=1S/C20H27N5O/c1-14(2)16-7-5-6-15(3)19(16)23-20(26)17-12-22-18(13-21-17)25-10-8-24(4)9-11-25/h5-7,12-14H,8-11H2,1-4H3,(H,23,26). The first kappa shape index (κ1) is 18.3. The van der Waals surface area contributed by atoms with Gasteiger partial charge in [0.2, 0.25) is 0 Å². The number of carbonyl (C=O) groups excluding carboxylic acids is 1. The molecular weight excluding hydrogens is 326 g/mol. The van der Waals surface area contributed by atoms with Gasteiger partial charge in [0.25, 0.3) is 5.91 Å². The lowest BCUT2D eigenvalue weighted by molar-refractivity contribution is 0.102. The van der Waals surface area contributed by atoms with Crippen LogP contribution in [0.25, 0.3) is 0 Å². The zero-order chi connectivity index (χ0) is 18.7. The van der Waals surface area contributed by atoms with E-state index < -0.39 is 0 Å². The van der Waals surface area contributed by atoms with E-state index in [0.717, 1.165) is 48.8 Å². The number of carbonyl (C=O) groups is 1. The van der Waals surface area contributed by atoms with Gasteiger partial charge in [-0.25, -0.2) is 9.97 Å². The second-order valence-electron chi connectivity index (χ2n) is 7.20. The highest BCUT2D eigenvalue weighted by Crippen LogP contribution is 2.27. The third-order valence-electron chi connectivity index (χ3n) is 4.86. The van der Waals surface area contributed by atoms with Crippen molar-refractivity contribution in [3.05, 3.63) is 47.4 Å². The van der Waals surface area contributed by atoms with Crippen molar-refractivity contribution in [3.63, 3.8) is 0 Å². The lowest BCUT2D eigenvalue weighted by Gasteiger charge is -2.32. The van der Waals surface area contributed by atoms with E-state index >= 15 is 0 Å². The summed E-state index contributed by atoms with van der Waals surface area (Å²) in [4.78, 5) is 25.9. The van der Waals surface area contributed by atoms with E-state index in [1.807, 2.05) is 19.1 Å². The van der Waals surface area contributed by atoms with Gasteiger partial charge in [-0.1, -0.05) is 32.0 Å². The molecule has 0 aliphatic carbocycles. The summed E-state index contributed by atoms with van der Waals surface area (Å²) >= 11 is 0. The first-order chi connectivity index (χ1) is 12.5. The molecule has 1 saturated heterocycles. The van der Waals surface area contributed by atoms with Gasteiger partial charge in [0.15, 0.2) is 0 Å². The largest absolute Gasteiger partial charge is 0.353 e. The summed E-state index contributed by atoms with van der Waals surface area (Å²) < 4.78 is 0. The van der Waals surface area contributed by atoms with Gasteiger partial charge in [0, 0.05) is 31.9 Å². The summed E-state index contributed by atoms with van der Waals surface area (Å²) in [5.41, 5.74) is 3.38. The van der Waals surface area contributed by atoms with Crippen LogP contribution in [0, 0.1) is 6.92 Å². The first-order valence-corrected chi connectivity index (χ1v) is 9.12. The molecule has 6 heteroatoms. The predicted octanol–water partition coefficient (Wildman–Crippen LogP) is 2.91. The minimum Gasteiger partial charge on any atom is -0.353 e. The molecule has 1 fully saturated rings.